The number of ketones is 1. The van der Waals surface area contributed by atoms with E-state index in [9.17, 15) is 4.79 Å². The van der Waals surface area contributed by atoms with Crippen molar-refractivity contribution in [3.63, 3.8) is 0 Å². The highest BCUT2D eigenvalue weighted by Gasteiger charge is 2.05. The predicted octanol–water partition coefficient (Wildman–Crippen LogP) is 3.73. The molecule has 2 rings (SSSR count). The summed E-state index contributed by atoms with van der Waals surface area (Å²) < 4.78 is 0. The normalized spacial score (nSPS) is 11.4. The van der Waals surface area contributed by atoms with Crippen LogP contribution in [-0.2, 0) is 0 Å². The molecule has 19 heavy (non-hydrogen) atoms. The van der Waals surface area contributed by atoms with Crippen molar-refractivity contribution >= 4 is 17.2 Å². The molecule has 0 bridgehead atoms. The minimum absolute atomic E-state index is 0.0365. The first kappa shape index (κ1) is 13.1. The van der Waals surface area contributed by atoms with Gasteiger partial charge in [0.1, 0.15) is 5.69 Å². The van der Waals surface area contributed by atoms with Gasteiger partial charge in [0.15, 0.2) is 5.78 Å². The highest BCUT2D eigenvalue weighted by molar-refractivity contribution is 6.00. The SMILES string of the molecule is CC(=O)c1cccc(C(C)=Nc2ccccc2C)n1. The lowest BCUT2D eigenvalue weighted by atomic mass is 10.2. The zero-order valence-electron chi connectivity index (χ0n) is 11.3. The van der Waals surface area contributed by atoms with Gasteiger partial charge in [-0.3, -0.25) is 9.79 Å². The maximum absolute atomic E-state index is 11.3. The van der Waals surface area contributed by atoms with Crippen molar-refractivity contribution < 1.29 is 4.79 Å². The average molecular weight is 252 g/mol. The number of aryl methyl sites for hydroxylation is 1. The summed E-state index contributed by atoms with van der Waals surface area (Å²) in [5, 5.41) is 0. The molecule has 0 atom stereocenters. The van der Waals surface area contributed by atoms with Gasteiger partial charge >= 0.3 is 0 Å². The van der Waals surface area contributed by atoms with Crippen LogP contribution in [0.3, 0.4) is 0 Å². The van der Waals surface area contributed by atoms with Crippen LogP contribution in [0.4, 0.5) is 5.69 Å². The van der Waals surface area contributed by atoms with Crippen molar-refractivity contribution in [2.75, 3.05) is 0 Å². The molecule has 0 radical (unpaired) electrons. The molecule has 2 aromatic rings. The van der Waals surface area contributed by atoms with E-state index in [0.717, 1.165) is 22.7 Å². The van der Waals surface area contributed by atoms with Gasteiger partial charge in [-0.15, -0.1) is 0 Å². The Hall–Kier alpha value is -2.29. The quantitative estimate of drug-likeness (QED) is 0.617. The lowest BCUT2D eigenvalue weighted by Gasteiger charge is -2.04. The smallest absolute Gasteiger partial charge is 0.178 e. The van der Waals surface area contributed by atoms with Gasteiger partial charge in [-0.1, -0.05) is 24.3 Å². The first-order valence-corrected chi connectivity index (χ1v) is 6.17. The lowest BCUT2D eigenvalue weighted by Crippen LogP contribution is -2.04. The highest BCUT2D eigenvalue weighted by atomic mass is 16.1. The molecule has 0 amide bonds. The monoisotopic (exact) mass is 252 g/mol. The number of hydrogen-bond acceptors (Lipinski definition) is 3. The second kappa shape index (κ2) is 5.57. The Morgan fingerprint density at radius 1 is 1.00 bits per heavy atom. The van der Waals surface area contributed by atoms with E-state index >= 15 is 0 Å². The van der Waals surface area contributed by atoms with E-state index in [1.165, 1.54) is 6.92 Å². The molecular weight excluding hydrogens is 236 g/mol. The van der Waals surface area contributed by atoms with E-state index in [-0.39, 0.29) is 5.78 Å². The zero-order valence-corrected chi connectivity index (χ0v) is 11.3. The Morgan fingerprint density at radius 3 is 2.37 bits per heavy atom. The fraction of sp³-hybridized carbons (Fsp3) is 0.188. The van der Waals surface area contributed by atoms with Crippen LogP contribution in [-0.4, -0.2) is 16.5 Å². The molecule has 0 aliphatic heterocycles. The summed E-state index contributed by atoms with van der Waals surface area (Å²) in [6, 6.07) is 13.3. The summed E-state index contributed by atoms with van der Waals surface area (Å²) in [6.45, 7) is 5.43. The van der Waals surface area contributed by atoms with E-state index in [4.69, 9.17) is 0 Å². The van der Waals surface area contributed by atoms with Crippen molar-refractivity contribution in [2.24, 2.45) is 4.99 Å². The molecule has 1 aromatic carbocycles. The molecule has 96 valence electrons. The Kier molecular flexibility index (Phi) is 3.85. The van der Waals surface area contributed by atoms with Crippen molar-refractivity contribution in [1.29, 1.82) is 0 Å². The van der Waals surface area contributed by atoms with Crippen molar-refractivity contribution in [3.8, 4) is 0 Å². The summed E-state index contributed by atoms with van der Waals surface area (Å²) in [4.78, 5) is 20.2. The second-order valence-electron chi connectivity index (χ2n) is 4.45. The fourth-order valence-electron chi connectivity index (χ4n) is 1.76. The summed E-state index contributed by atoms with van der Waals surface area (Å²) >= 11 is 0. The Bertz CT molecular complexity index is 645. The van der Waals surface area contributed by atoms with E-state index in [1.807, 2.05) is 50.2 Å². The number of pyridine rings is 1. The van der Waals surface area contributed by atoms with Crippen LogP contribution in [0.2, 0.25) is 0 Å². The number of rotatable bonds is 3. The molecule has 1 heterocycles. The van der Waals surface area contributed by atoms with Gasteiger partial charge in [0, 0.05) is 6.92 Å². The Balaban J connectivity index is 2.39. The van der Waals surface area contributed by atoms with Crippen LogP contribution in [0, 0.1) is 6.92 Å². The molecule has 0 aliphatic carbocycles. The van der Waals surface area contributed by atoms with Crippen LogP contribution < -0.4 is 0 Å². The van der Waals surface area contributed by atoms with Crippen LogP contribution in [0.15, 0.2) is 47.5 Å². The molecule has 0 aliphatic rings. The maximum Gasteiger partial charge on any atom is 0.178 e. The van der Waals surface area contributed by atoms with Gasteiger partial charge in [-0.2, -0.15) is 0 Å². The van der Waals surface area contributed by atoms with E-state index < -0.39 is 0 Å². The minimum Gasteiger partial charge on any atom is -0.293 e. The number of benzene rings is 1. The van der Waals surface area contributed by atoms with Crippen LogP contribution in [0.5, 0.6) is 0 Å². The summed E-state index contributed by atoms with van der Waals surface area (Å²) in [5.74, 6) is -0.0365. The van der Waals surface area contributed by atoms with Gasteiger partial charge in [0.2, 0.25) is 0 Å². The molecule has 3 nitrogen and oxygen atoms in total. The Morgan fingerprint density at radius 2 is 1.68 bits per heavy atom. The maximum atomic E-state index is 11.3. The third-order valence-electron chi connectivity index (χ3n) is 2.88. The standard InChI is InChI=1S/C16H16N2O/c1-11-7-4-5-8-14(11)17-12(2)15-9-6-10-16(18-15)13(3)19/h4-10H,1-3H3. The van der Waals surface area contributed by atoms with Gasteiger partial charge in [0.05, 0.1) is 17.1 Å². The summed E-state index contributed by atoms with van der Waals surface area (Å²) in [5.41, 5.74) is 4.05. The van der Waals surface area contributed by atoms with Crippen molar-refractivity contribution in [1.82, 2.24) is 4.98 Å². The molecule has 0 saturated heterocycles. The largest absolute Gasteiger partial charge is 0.293 e. The van der Waals surface area contributed by atoms with Crippen molar-refractivity contribution in [2.45, 2.75) is 20.8 Å². The van der Waals surface area contributed by atoms with E-state index in [1.54, 1.807) is 6.07 Å². The molecule has 0 spiro atoms. The Labute approximate surface area is 113 Å². The first-order chi connectivity index (χ1) is 9.08. The molecule has 0 unspecified atom stereocenters. The third-order valence-corrected chi connectivity index (χ3v) is 2.88. The number of carbonyl (C=O) groups is 1. The molecule has 0 fully saturated rings. The number of carbonyl (C=O) groups excluding carboxylic acids is 1. The number of aliphatic imine (C=N–C) groups is 1. The molecule has 0 N–H and O–H groups in total. The van der Waals surface area contributed by atoms with Crippen LogP contribution >= 0.6 is 0 Å². The number of aromatic nitrogens is 1. The van der Waals surface area contributed by atoms with E-state index in [2.05, 4.69) is 9.98 Å². The molecule has 0 saturated carbocycles. The number of hydrogen-bond donors (Lipinski definition) is 0. The zero-order chi connectivity index (χ0) is 13.8. The predicted molar refractivity (Wildman–Crippen MR) is 77.3 cm³/mol. The summed E-state index contributed by atoms with van der Waals surface area (Å²) in [7, 11) is 0. The number of para-hydroxylation sites is 1. The second-order valence-corrected chi connectivity index (χ2v) is 4.45. The van der Waals surface area contributed by atoms with Gasteiger partial charge in [-0.25, -0.2) is 4.98 Å². The first-order valence-electron chi connectivity index (χ1n) is 6.17. The molecular formula is C16H16N2O. The number of nitrogens with zero attached hydrogens (tertiary/aromatic N) is 2. The van der Waals surface area contributed by atoms with Gasteiger partial charge < -0.3 is 0 Å². The number of Topliss-reactive ketones (excluding diaryl/α,β-unsaturated/α-hetero) is 1. The van der Waals surface area contributed by atoms with Crippen molar-refractivity contribution in [3.05, 3.63) is 59.4 Å². The van der Waals surface area contributed by atoms with Crippen LogP contribution in [0.1, 0.15) is 35.6 Å². The lowest BCUT2D eigenvalue weighted by molar-refractivity contribution is 0.101. The fourth-order valence-corrected chi connectivity index (χ4v) is 1.76. The van der Waals surface area contributed by atoms with Crippen LogP contribution in [0.25, 0.3) is 0 Å². The van der Waals surface area contributed by atoms with E-state index in [0.29, 0.717) is 5.69 Å². The minimum atomic E-state index is -0.0365. The highest BCUT2D eigenvalue weighted by Crippen LogP contribution is 2.18. The van der Waals surface area contributed by atoms with Gasteiger partial charge in [0.25, 0.3) is 0 Å². The van der Waals surface area contributed by atoms with Gasteiger partial charge in [-0.05, 0) is 37.6 Å². The average Bonchev–Trinajstić information content (AvgIpc) is 2.41. The topological polar surface area (TPSA) is 42.3 Å². The summed E-state index contributed by atoms with van der Waals surface area (Å²) in [6.07, 6.45) is 0. The molecule has 1 aromatic heterocycles. The third kappa shape index (κ3) is 3.13. The molecule has 3 heteroatoms.